The first kappa shape index (κ1) is 16.0. The summed E-state index contributed by atoms with van der Waals surface area (Å²) < 4.78 is 53.4. The highest BCUT2D eigenvalue weighted by molar-refractivity contribution is 9.10. The van der Waals surface area contributed by atoms with Gasteiger partial charge in [-0.15, -0.1) is 0 Å². The number of halogens is 5. The van der Waals surface area contributed by atoms with Crippen LogP contribution in [0.5, 0.6) is 0 Å². The van der Waals surface area contributed by atoms with Crippen molar-refractivity contribution in [3.05, 3.63) is 69.4 Å². The molecule has 112 valence electrons. The van der Waals surface area contributed by atoms with Crippen molar-refractivity contribution in [2.24, 2.45) is 0 Å². The van der Waals surface area contributed by atoms with Crippen molar-refractivity contribution >= 4 is 15.9 Å². The number of rotatable bonds is 3. The Morgan fingerprint density at radius 3 is 2.19 bits per heavy atom. The zero-order chi connectivity index (χ0) is 15.6. The SMILES string of the molecule is CNC(c1ccc(Br)cc1)c1cccc(C(F)(F)F)c1F. The van der Waals surface area contributed by atoms with Crippen LogP contribution in [0.1, 0.15) is 22.7 Å². The van der Waals surface area contributed by atoms with E-state index in [9.17, 15) is 17.6 Å². The monoisotopic (exact) mass is 361 g/mol. The average molecular weight is 362 g/mol. The first-order valence-corrected chi connectivity index (χ1v) is 6.92. The molecular weight excluding hydrogens is 350 g/mol. The molecule has 0 aromatic heterocycles. The second-order valence-electron chi connectivity index (χ2n) is 4.48. The van der Waals surface area contributed by atoms with Gasteiger partial charge < -0.3 is 5.32 Å². The van der Waals surface area contributed by atoms with Crippen LogP contribution in [0.25, 0.3) is 0 Å². The predicted octanol–water partition coefficient (Wildman–Crippen LogP) is 4.92. The first-order valence-electron chi connectivity index (χ1n) is 6.13. The second-order valence-corrected chi connectivity index (χ2v) is 5.40. The average Bonchev–Trinajstić information content (AvgIpc) is 2.42. The lowest BCUT2D eigenvalue weighted by atomic mass is 9.96. The molecule has 0 bridgehead atoms. The maximum atomic E-state index is 14.2. The molecule has 0 radical (unpaired) electrons. The Balaban J connectivity index is 2.51. The molecule has 0 saturated carbocycles. The van der Waals surface area contributed by atoms with E-state index in [0.29, 0.717) is 5.56 Å². The van der Waals surface area contributed by atoms with E-state index in [1.54, 1.807) is 31.3 Å². The van der Waals surface area contributed by atoms with Crippen LogP contribution in [0.2, 0.25) is 0 Å². The molecule has 1 atom stereocenters. The fourth-order valence-corrected chi connectivity index (χ4v) is 2.41. The third-order valence-corrected chi connectivity index (χ3v) is 3.67. The lowest BCUT2D eigenvalue weighted by molar-refractivity contribution is -0.140. The number of nitrogens with one attached hydrogen (secondary N) is 1. The molecule has 21 heavy (non-hydrogen) atoms. The molecule has 1 nitrogen and oxygen atoms in total. The van der Waals surface area contributed by atoms with Crippen LogP contribution in [-0.2, 0) is 6.18 Å². The van der Waals surface area contributed by atoms with E-state index in [1.807, 2.05) is 0 Å². The maximum absolute atomic E-state index is 14.2. The lowest BCUT2D eigenvalue weighted by Gasteiger charge is -2.20. The van der Waals surface area contributed by atoms with Crippen molar-refractivity contribution in [1.29, 1.82) is 0 Å². The highest BCUT2D eigenvalue weighted by atomic mass is 79.9. The largest absolute Gasteiger partial charge is 0.419 e. The Kier molecular flexibility index (Phi) is 4.68. The van der Waals surface area contributed by atoms with Gasteiger partial charge >= 0.3 is 6.18 Å². The highest BCUT2D eigenvalue weighted by Crippen LogP contribution is 2.35. The molecule has 2 aromatic carbocycles. The van der Waals surface area contributed by atoms with Crippen molar-refractivity contribution in [2.45, 2.75) is 12.2 Å². The summed E-state index contributed by atoms with van der Waals surface area (Å²) in [7, 11) is 1.58. The fraction of sp³-hybridized carbons (Fsp3) is 0.200. The summed E-state index contributed by atoms with van der Waals surface area (Å²) in [5.74, 6) is -1.24. The Hall–Kier alpha value is -1.40. The molecule has 0 aliphatic heterocycles. The molecule has 0 fully saturated rings. The standard InChI is InChI=1S/C15H12BrF4N/c1-21-14(9-5-7-10(16)8-6-9)11-3-2-4-12(13(11)17)15(18,19)20/h2-8,14,21H,1H3. The minimum Gasteiger partial charge on any atom is -0.309 e. The molecule has 0 aliphatic carbocycles. The van der Waals surface area contributed by atoms with Gasteiger partial charge in [-0.2, -0.15) is 13.2 Å². The number of hydrogen-bond donors (Lipinski definition) is 1. The Morgan fingerprint density at radius 2 is 1.67 bits per heavy atom. The summed E-state index contributed by atoms with van der Waals surface area (Å²) in [5, 5.41) is 2.85. The Bertz CT molecular complexity index is 623. The molecule has 0 amide bonds. The topological polar surface area (TPSA) is 12.0 Å². The van der Waals surface area contributed by atoms with Gasteiger partial charge in [0.05, 0.1) is 11.6 Å². The van der Waals surface area contributed by atoms with Crippen molar-refractivity contribution in [3.8, 4) is 0 Å². The third kappa shape index (κ3) is 3.44. The van der Waals surface area contributed by atoms with Crippen molar-refractivity contribution in [3.63, 3.8) is 0 Å². The van der Waals surface area contributed by atoms with Crippen LogP contribution in [-0.4, -0.2) is 7.05 Å². The molecule has 6 heteroatoms. The predicted molar refractivity (Wildman–Crippen MR) is 76.4 cm³/mol. The molecular formula is C15H12BrF4N. The van der Waals surface area contributed by atoms with Gasteiger partial charge in [-0.3, -0.25) is 0 Å². The van der Waals surface area contributed by atoms with Crippen LogP contribution in [0.15, 0.2) is 46.9 Å². The molecule has 2 rings (SSSR count). The zero-order valence-electron chi connectivity index (χ0n) is 11.0. The van der Waals surface area contributed by atoms with Crippen molar-refractivity contribution in [1.82, 2.24) is 5.32 Å². The van der Waals surface area contributed by atoms with Gasteiger partial charge in [-0.25, -0.2) is 4.39 Å². The van der Waals surface area contributed by atoms with Gasteiger partial charge in [0, 0.05) is 10.0 Å². The smallest absolute Gasteiger partial charge is 0.309 e. The molecule has 2 aromatic rings. The van der Waals surface area contributed by atoms with Gasteiger partial charge in [-0.05, 0) is 30.8 Å². The van der Waals surface area contributed by atoms with E-state index in [1.165, 1.54) is 12.1 Å². The van der Waals surface area contributed by atoms with Crippen LogP contribution >= 0.6 is 15.9 Å². The van der Waals surface area contributed by atoms with Crippen LogP contribution in [0, 0.1) is 5.82 Å². The molecule has 0 heterocycles. The minimum atomic E-state index is -4.71. The first-order chi connectivity index (χ1) is 9.84. The third-order valence-electron chi connectivity index (χ3n) is 3.14. The minimum absolute atomic E-state index is 0.0327. The Labute approximate surface area is 128 Å². The second kappa shape index (κ2) is 6.15. The van der Waals surface area contributed by atoms with Gasteiger partial charge in [0.1, 0.15) is 5.82 Å². The fourth-order valence-electron chi connectivity index (χ4n) is 2.15. The van der Waals surface area contributed by atoms with Crippen LogP contribution in [0.4, 0.5) is 17.6 Å². The Morgan fingerprint density at radius 1 is 1.05 bits per heavy atom. The van der Waals surface area contributed by atoms with Gasteiger partial charge in [-0.1, -0.05) is 40.2 Å². The molecule has 0 spiro atoms. The van der Waals surface area contributed by atoms with Crippen molar-refractivity contribution in [2.75, 3.05) is 7.05 Å². The number of benzene rings is 2. The summed E-state index contributed by atoms with van der Waals surface area (Å²) in [6.07, 6.45) is -4.71. The summed E-state index contributed by atoms with van der Waals surface area (Å²) in [6, 6.07) is 9.62. The zero-order valence-corrected chi connectivity index (χ0v) is 12.6. The highest BCUT2D eigenvalue weighted by Gasteiger charge is 2.35. The summed E-state index contributed by atoms with van der Waals surface area (Å²) in [5.41, 5.74) is -0.606. The summed E-state index contributed by atoms with van der Waals surface area (Å²) in [4.78, 5) is 0. The van der Waals surface area contributed by atoms with Crippen molar-refractivity contribution < 1.29 is 17.6 Å². The van der Waals surface area contributed by atoms with Crippen LogP contribution < -0.4 is 5.32 Å². The maximum Gasteiger partial charge on any atom is 0.419 e. The van der Waals surface area contributed by atoms with E-state index in [4.69, 9.17) is 0 Å². The molecule has 1 N–H and O–H groups in total. The normalized spacial score (nSPS) is 13.2. The van der Waals surface area contributed by atoms with E-state index < -0.39 is 23.6 Å². The van der Waals surface area contributed by atoms with Crippen LogP contribution in [0.3, 0.4) is 0 Å². The van der Waals surface area contributed by atoms with E-state index in [0.717, 1.165) is 10.5 Å². The molecule has 0 saturated heterocycles. The quantitative estimate of drug-likeness (QED) is 0.765. The summed E-state index contributed by atoms with van der Waals surface area (Å²) >= 11 is 3.28. The van der Waals surface area contributed by atoms with E-state index in [2.05, 4.69) is 21.2 Å². The van der Waals surface area contributed by atoms with E-state index in [-0.39, 0.29) is 5.56 Å². The molecule has 0 aliphatic rings. The van der Waals surface area contributed by atoms with Gasteiger partial charge in [0.15, 0.2) is 0 Å². The number of hydrogen-bond acceptors (Lipinski definition) is 1. The van der Waals surface area contributed by atoms with Gasteiger partial charge in [0.2, 0.25) is 0 Å². The number of alkyl halides is 3. The molecule has 1 unspecified atom stereocenters. The van der Waals surface area contributed by atoms with Gasteiger partial charge in [0.25, 0.3) is 0 Å². The van der Waals surface area contributed by atoms with E-state index >= 15 is 0 Å². The summed E-state index contributed by atoms with van der Waals surface area (Å²) in [6.45, 7) is 0. The lowest BCUT2D eigenvalue weighted by Crippen LogP contribution is -2.21.